The van der Waals surface area contributed by atoms with Crippen LogP contribution in [0.5, 0.6) is 0 Å². The van der Waals surface area contributed by atoms with Gasteiger partial charge >= 0.3 is 0 Å². The summed E-state index contributed by atoms with van der Waals surface area (Å²) < 4.78 is 0. The van der Waals surface area contributed by atoms with Crippen molar-refractivity contribution in [3.8, 4) is 0 Å². The molecule has 70 valence electrons. The third kappa shape index (κ3) is 0.839. The monoisotopic (exact) mass is 186 g/mol. The number of benzene rings is 1. The van der Waals surface area contributed by atoms with E-state index in [0.717, 1.165) is 29.8 Å². The van der Waals surface area contributed by atoms with Crippen molar-refractivity contribution in [2.75, 3.05) is 0 Å². The van der Waals surface area contributed by atoms with Gasteiger partial charge in [-0.15, -0.1) is 0 Å². The molecule has 2 N–H and O–H groups in total. The molecule has 0 unspecified atom stereocenters. The number of fused-ring (bicyclic) bond motifs is 3. The van der Waals surface area contributed by atoms with Gasteiger partial charge in [-0.05, 0) is 24.5 Å². The Morgan fingerprint density at radius 1 is 1.21 bits per heavy atom. The van der Waals surface area contributed by atoms with Crippen molar-refractivity contribution >= 4 is 16.6 Å². The Labute approximate surface area is 81.1 Å². The normalized spacial score (nSPS) is 17.9. The molecule has 0 spiro atoms. The van der Waals surface area contributed by atoms with E-state index in [2.05, 4.69) is 16.2 Å². The number of aromatic nitrogens is 1. The third-order valence-corrected chi connectivity index (χ3v) is 2.83. The summed E-state index contributed by atoms with van der Waals surface area (Å²) >= 11 is 0. The molecular weight excluding hydrogens is 176 g/mol. The second-order valence-electron chi connectivity index (χ2n) is 3.57. The van der Waals surface area contributed by atoms with Crippen LogP contribution < -0.4 is 0 Å². The fourth-order valence-electron chi connectivity index (χ4n) is 2.17. The summed E-state index contributed by atoms with van der Waals surface area (Å²) in [6, 6.07) is 8.18. The summed E-state index contributed by atoms with van der Waals surface area (Å²) in [4.78, 5) is 3.29. The maximum atomic E-state index is 8.81. The lowest BCUT2D eigenvalue weighted by molar-refractivity contribution is 0.318. The van der Waals surface area contributed by atoms with Gasteiger partial charge in [0.05, 0.1) is 5.69 Å². The molecule has 0 saturated carbocycles. The van der Waals surface area contributed by atoms with E-state index in [4.69, 9.17) is 5.21 Å². The number of nitrogens with one attached hydrogen (secondary N) is 1. The molecule has 1 aromatic carbocycles. The van der Waals surface area contributed by atoms with Crippen molar-refractivity contribution in [3.63, 3.8) is 0 Å². The Morgan fingerprint density at radius 2 is 2.07 bits per heavy atom. The minimum atomic E-state index is 0.774. The first-order valence-electron chi connectivity index (χ1n) is 4.71. The van der Waals surface area contributed by atoms with Crippen molar-refractivity contribution < 1.29 is 5.21 Å². The van der Waals surface area contributed by atoms with Crippen LogP contribution in [0.15, 0.2) is 29.4 Å². The molecule has 0 bridgehead atoms. The van der Waals surface area contributed by atoms with Crippen LogP contribution in [0, 0.1) is 0 Å². The van der Waals surface area contributed by atoms with Crippen molar-refractivity contribution in [2.45, 2.75) is 12.8 Å². The minimum absolute atomic E-state index is 0.774. The molecule has 2 aromatic rings. The van der Waals surface area contributed by atoms with Crippen LogP contribution in [-0.2, 0) is 6.42 Å². The van der Waals surface area contributed by atoms with Gasteiger partial charge in [0.2, 0.25) is 0 Å². The molecule has 0 fully saturated rings. The SMILES string of the molecule is O/N=C1\CCc2c1[nH]c1ccccc21. The lowest BCUT2D eigenvalue weighted by Gasteiger charge is -1.91. The van der Waals surface area contributed by atoms with Crippen LogP contribution in [0.2, 0.25) is 0 Å². The summed E-state index contributed by atoms with van der Waals surface area (Å²) in [7, 11) is 0. The number of H-pyrrole nitrogens is 1. The zero-order valence-electron chi connectivity index (χ0n) is 7.62. The Hall–Kier alpha value is -1.77. The third-order valence-electron chi connectivity index (χ3n) is 2.83. The first-order chi connectivity index (χ1) is 6.90. The molecular formula is C11H10N2O. The fourth-order valence-corrected chi connectivity index (χ4v) is 2.17. The summed E-state index contributed by atoms with van der Waals surface area (Å²) in [6.45, 7) is 0. The van der Waals surface area contributed by atoms with Crippen LogP contribution in [0.3, 0.4) is 0 Å². The summed E-state index contributed by atoms with van der Waals surface area (Å²) in [5, 5.41) is 13.4. The van der Waals surface area contributed by atoms with Crippen molar-refractivity contribution in [1.82, 2.24) is 4.98 Å². The largest absolute Gasteiger partial charge is 0.411 e. The maximum Gasteiger partial charge on any atom is 0.104 e. The predicted octanol–water partition coefficient (Wildman–Crippen LogP) is 2.29. The smallest absolute Gasteiger partial charge is 0.104 e. The first kappa shape index (κ1) is 7.62. The van der Waals surface area contributed by atoms with Crippen LogP contribution in [-0.4, -0.2) is 15.9 Å². The Balaban J connectivity index is 2.37. The average Bonchev–Trinajstić information content (AvgIpc) is 2.75. The number of aromatic amines is 1. The van der Waals surface area contributed by atoms with E-state index in [1.807, 2.05) is 18.2 Å². The number of aryl methyl sites for hydroxylation is 1. The molecule has 0 amide bonds. The van der Waals surface area contributed by atoms with Crippen LogP contribution in [0.25, 0.3) is 10.9 Å². The van der Waals surface area contributed by atoms with E-state index in [-0.39, 0.29) is 0 Å². The quantitative estimate of drug-likeness (QED) is 0.481. The summed E-state index contributed by atoms with van der Waals surface area (Å²) in [6.07, 6.45) is 1.81. The lowest BCUT2D eigenvalue weighted by Crippen LogP contribution is -1.94. The molecule has 3 rings (SSSR count). The Kier molecular flexibility index (Phi) is 1.42. The molecule has 0 aliphatic heterocycles. The van der Waals surface area contributed by atoms with Crippen molar-refractivity contribution in [2.24, 2.45) is 5.16 Å². The van der Waals surface area contributed by atoms with Crippen LogP contribution in [0.1, 0.15) is 17.7 Å². The average molecular weight is 186 g/mol. The molecule has 0 radical (unpaired) electrons. The van der Waals surface area contributed by atoms with Gasteiger partial charge in [0.1, 0.15) is 5.71 Å². The molecule has 14 heavy (non-hydrogen) atoms. The van der Waals surface area contributed by atoms with Gasteiger partial charge in [-0.25, -0.2) is 0 Å². The zero-order chi connectivity index (χ0) is 9.54. The number of nitrogens with zero attached hydrogens (tertiary/aromatic N) is 1. The standard InChI is InChI=1S/C11H10N2O/c14-13-10-6-5-8-7-3-1-2-4-9(7)12-11(8)10/h1-4,12,14H,5-6H2/b13-10+. The van der Waals surface area contributed by atoms with Gasteiger partial charge in [0.25, 0.3) is 0 Å². The van der Waals surface area contributed by atoms with E-state index in [9.17, 15) is 0 Å². The summed E-state index contributed by atoms with van der Waals surface area (Å²) in [5.74, 6) is 0. The second kappa shape index (κ2) is 2.61. The summed E-state index contributed by atoms with van der Waals surface area (Å²) in [5.41, 5.74) is 4.19. The molecule has 1 heterocycles. The predicted molar refractivity (Wildman–Crippen MR) is 54.9 cm³/mol. The van der Waals surface area contributed by atoms with E-state index in [1.165, 1.54) is 10.9 Å². The van der Waals surface area contributed by atoms with E-state index >= 15 is 0 Å². The number of rotatable bonds is 0. The highest BCUT2D eigenvalue weighted by Crippen LogP contribution is 2.29. The Morgan fingerprint density at radius 3 is 2.93 bits per heavy atom. The number of hydrogen-bond donors (Lipinski definition) is 2. The molecule has 0 atom stereocenters. The van der Waals surface area contributed by atoms with E-state index in [0.29, 0.717) is 0 Å². The van der Waals surface area contributed by atoms with Crippen molar-refractivity contribution in [3.05, 3.63) is 35.5 Å². The highest BCUT2D eigenvalue weighted by atomic mass is 16.4. The zero-order valence-corrected chi connectivity index (χ0v) is 7.62. The van der Waals surface area contributed by atoms with Crippen molar-refractivity contribution in [1.29, 1.82) is 0 Å². The maximum absolute atomic E-state index is 8.81. The molecule has 3 nitrogen and oxygen atoms in total. The topological polar surface area (TPSA) is 48.4 Å². The molecule has 0 saturated heterocycles. The van der Waals surface area contributed by atoms with Gasteiger partial charge in [-0.2, -0.15) is 0 Å². The molecule has 3 heteroatoms. The van der Waals surface area contributed by atoms with E-state index in [1.54, 1.807) is 0 Å². The van der Waals surface area contributed by atoms with Gasteiger partial charge in [-0.3, -0.25) is 0 Å². The van der Waals surface area contributed by atoms with Gasteiger partial charge in [0, 0.05) is 10.9 Å². The Bertz CT molecular complexity index is 525. The second-order valence-corrected chi connectivity index (χ2v) is 3.57. The molecule has 1 aliphatic rings. The number of oxime groups is 1. The first-order valence-corrected chi connectivity index (χ1v) is 4.71. The minimum Gasteiger partial charge on any atom is -0.411 e. The van der Waals surface area contributed by atoms with E-state index < -0.39 is 0 Å². The van der Waals surface area contributed by atoms with Gasteiger partial charge in [-0.1, -0.05) is 23.4 Å². The molecule has 1 aromatic heterocycles. The van der Waals surface area contributed by atoms with Crippen LogP contribution >= 0.6 is 0 Å². The lowest BCUT2D eigenvalue weighted by atomic mass is 10.1. The molecule has 1 aliphatic carbocycles. The fraction of sp³-hybridized carbons (Fsp3) is 0.182. The number of hydrogen-bond acceptors (Lipinski definition) is 2. The number of para-hydroxylation sites is 1. The highest BCUT2D eigenvalue weighted by molar-refractivity contribution is 6.08. The van der Waals surface area contributed by atoms with Crippen LogP contribution in [0.4, 0.5) is 0 Å². The van der Waals surface area contributed by atoms with Gasteiger partial charge in [0.15, 0.2) is 0 Å². The highest BCUT2D eigenvalue weighted by Gasteiger charge is 2.22. The van der Waals surface area contributed by atoms with Gasteiger partial charge < -0.3 is 10.2 Å².